The number of hydrogen-bond donors (Lipinski definition) is 2. The second-order valence-corrected chi connectivity index (χ2v) is 2.30. The predicted octanol–water partition coefficient (Wildman–Crippen LogP) is -1.59. The Hall–Kier alpha value is -1.59. The summed E-state index contributed by atoms with van der Waals surface area (Å²) >= 11 is 0. The molecule has 0 aliphatic heterocycles. The van der Waals surface area contributed by atoms with Crippen molar-refractivity contribution in [2.24, 2.45) is 0 Å². The van der Waals surface area contributed by atoms with E-state index in [0.29, 0.717) is 6.41 Å². The van der Waals surface area contributed by atoms with E-state index in [1.165, 1.54) is 14.0 Å². The number of ether oxygens (including phenoxy) is 1. The van der Waals surface area contributed by atoms with Gasteiger partial charge in [0.15, 0.2) is 0 Å². The van der Waals surface area contributed by atoms with E-state index in [4.69, 9.17) is 0 Å². The maximum absolute atomic E-state index is 11.0. The topological polar surface area (TPSA) is 84.5 Å². The van der Waals surface area contributed by atoms with Crippen molar-refractivity contribution < 1.29 is 19.1 Å². The van der Waals surface area contributed by atoms with Crippen LogP contribution in [0.4, 0.5) is 0 Å². The van der Waals surface area contributed by atoms with Crippen molar-refractivity contribution in [3.8, 4) is 0 Å². The second-order valence-electron chi connectivity index (χ2n) is 2.30. The number of methoxy groups -OCH3 is 1. The second kappa shape index (κ2) is 5.99. The van der Waals surface area contributed by atoms with E-state index in [0.717, 1.165) is 0 Å². The Morgan fingerprint density at radius 1 is 1.54 bits per heavy atom. The molecule has 0 aromatic rings. The molecule has 0 aromatic carbocycles. The minimum atomic E-state index is -0.826. The summed E-state index contributed by atoms with van der Waals surface area (Å²) in [5.41, 5.74) is 0. The minimum Gasteiger partial charge on any atom is -0.467 e. The first kappa shape index (κ1) is 11.4. The van der Waals surface area contributed by atoms with Crippen molar-refractivity contribution >= 4 is 18.3 Å². The molecule has 0 radical (unpaired) electrons. The average molecular weight is 188 g/mol. The third kappa shape index (κ3) is 4.78. The zero-order chi connectivity index (χ0) is 10.3. The predicted molar refractivity (Wildman–Crippen MR) is 43.7 cm³/mol. The van der Waals surface area contributed by atoms with E-state index in [-0.39, 0.29) is 12.5 Å². The molecule has 6 nitrogen and oxygen atoms in total. The Morgan fingerprint density at radius 3 is 2.54 bits per heavy atom. The number of carbonyl (C=O) groups excluding carboxylic acids is 3. The standard InChI is InChI=1S/C7H12N2O4/c1-5(11)9-6(3-8-4-10)7(12)13-2/h4,6H,3H2,1-2H3,(H,8,10)(H,9,11)/t6-/m0/s1. The highest BCUT2D eigenvalue weighted by molar-refractivity contribution is 5.83. The molecule has 0 fully saturated rings. The summed E-state index contributed by atoms with van der Waals surface area (Å²) in [7, 11) is 1.21. The van der Waals surface area contributed by atoms with Crippen LogP contribution in [-0.4, -0.2) is 38.0 Å². The normalized spacial score (nSPS) is 11.2. The lowest BCUT2D eigenvalue weighted by Crippen LogP contribution is -2.46. The van der Waals surface area contributed by atoms with Crippen LogP contribution in [0.25, 0.3) is 0 Å². The van der Waals surface area contributed by atoms with Crippen LogP contribution in [0.15, 0.2) is 0 Å². The Kier molecular flexibility index (Phi) is 5.25. The molecule has 1 atom stereocenters. The van der Waals surface area contributed by atoms with Gasteiger partial charge in [0.2, 0.25) is 12.3 Å². The fourth-order valence-corrected chi connectivity index (χ4v) is 0.747. The zero-order valence-corrected chi connectivity index (χ0v) is 7.49. The Labute approximate surface area is 75.6 Å². The summed E-state index contributed by atoms with van der Waals surface area (Å²) < 4.78 is 4.40. The molecule has 0 saturated heterocycles. The summed E-state index contributed by atoms with van der Waals surface area (Å²) in [6.45, 7) is 1.30. The number of rotatable bonds is 5. The lowest BCUT2D eigenvalue weighted by atomic mass is 10.3. The third-order valence-electron chi connectivity index (χ3n) is 1.27. The number of carbonyl (C=O) groups is 3. The molecule has 0 bridgehead atoms. The van der Waals surface area contributed by atoms with Crippen molar-refractivity contribution in [3.63, 3.8) is 0 Å². The molecule has 0 rings (SSSR count). The summed E-state index contributed by atoms with van der Waals surface area (Å²) in [5, 5.41) is 4.60. The first-order valence-electron chi connectivity index (χ1n) is 3.63. The van der Waals surface area contributed by atoms with Crippen LogP contribution in [-0.2, 0) is 19.1 Å². The van der Waals surface area contributed by atoms with E-state index in [1.807, 2.05) is 0 Å². The number of amides is 2. The van der Waals surface area contributed by atoms with Gasteiger partial charge in [0.1, 0.15) is 6.04 Å². The van der Waals surface area contributed by atoms with Gasteiger partial charge in [-0.15, -0.1) is 0 Å². The lowest BCUT2D eigenvalue weighted by molar-refractivity contribution is -0.144. The summed E-state index contributed by atoms with van der Waals surface area (Å²) in [6.07, 6.45) is 0.442. The van der Waals surface area contributed by atoms with E-state index < -0.39 is 12.0 Å². The molecule has 13 heavy (non-hydrogen) atoms. The summed E-state index contributed by atoms with van der Waals surface area (Å²) in [5.74, 6) is -0.951. The molecule has 74 valence electrons. The maximum atomic E-state index is 11.0. The molecule has 0 heterocycles. The molecular weight excluding hydrogens is 176 g/mol. The van der Waals surface area contributed by atoms with E-state index in [1.54, 1.807) is 0 Å². The number of hydrogen-bond acceptors (Lipinski definition) is 4. The summed E-state index contributed by atoms with van der Waals surface area (Å²) in [6, 6.07) is -0.826. The molecule has 6 heteroatoms. The molecule has 0 aliphatic rings. The van der Waals surface area contributed by atoms with Crippen LogP contribution >= 0.6 is 0 Å². The van der Waals surface area contributed by atoms with Gasteiger partial charge in [0.05, 0.1) is 7.11 Å². The lowest BCUT2D eigenvalue weighted by Gasteiger charge is -2.14. The van der Waals surface area contributed by atoms with E-state index in [2.05, 4.69) is 15.4 Å². The molecule has 0 spiro atoms. The highest BCUT2D eigenvalue weighted by Crippen LogP contribution is 1.85. The fourth-order valence-electron chi connectivity index (χ4n) is 0.747. The van der Waals surface area contributed by atoms with Gasteiger partial charge in [-0.25, -0.2) is 4.79 Å². The molecule has 0 saturated carbocycles. The number of esters is 1. The molecule has 0 aliphatic carbocycles. The van der Waals surface area contributed by atoms with Crippen LogP contribution in [0.3, 0.4) is 0 Å². The van der Waals surface area contributed by atoms with Crippen molar-refractivity contribution in [2.75, 3.05) is 13.7 Å². The van der Waals surface area contributed by atoms with Gasteiger partial charge >= 0.3 is 5.97 Å². The minimum absolute atomic E-state index is 0.0236. The van der Waals surface area contributed by atoms with Crippen LogP contribution in [0.2, 0.25) is 0 Å². The molecule has 0 aromatic heterocycles. The van der Waals surface area contributed by atoms with Crippen LogP contribution in [0.5, 0.6) is 0 Å². The van der Waals surface area contributed by atoms with Gasteiger partial charge in [0, 0.05) is 13.5 Å². The zero-order valence-electron chi connectivity index (χ0n) is 7.49. The molecule has 2 amide bonds. The third-order valence-corrected chi connectivity index (χ3v) is 1.27. The highest BCUT2D eigenvalue weighted by Gasteiger charge is 2.18. The Morgan fingerprint density at radius 2 is 2.15 bits per heavy atom. The van der Waals surface area contributed by atoms with Crippen LogP contribution in [0.1, 0.15) is 6.92 Å². The highest BCUT2D eigenvalue weighted by atomic mass is 16.5. The molecule has 0 unspecified atom stereocenters. The van der Waals surface area contributed by atoms with Gasteiger partial charge in [0.25, 0.3) is 0 Å². The largest absolute Gasteiger partial charge is 0.467 e. The van der Waals surface area contributed by atoms with Crippen molar-refractivity contribution in [1.82, 2.24) is 10.6 Å². The van der Waals surface area contributed by atoms with Crippen LogP contribution in [0, 0.1) is 0 Å². The van der Waals surface area contributed by atoms with Gasteiger partial charge in [-0.3, -0.25) is 9.59 Å². The molecule has 2 N–H and O–H groups in total. The number of nitrogens with one attached hydrogen (secondary N) is 2. The van der Waals surface area contributed by atoms with Gasteiger partial charge in [-0.05, 0) is 0 Å². The van der Waals surface area contributed by atoms with Gasteiger partial charge in [-0.1, -0.05) is 0 Å². The first-order valence-corrected chi connectivity index (χ1v) is 3.63. The Bertz CT molecular complexity index is 205. The Balaban J connectivity index is 4.09. The van der Waals surface area contributed by atoms with Crippen molar-refractivity contribution in [1.29, 1.82) is 0 Å². The average Bonchev–Trinajstić information content (AvgIpc) is 2.10. The van der Waals surface area contributed by atoms with Gasteiger partial charge < -0.3 is 15.4 Å². The van der Waals surface area contributed by atoms with Crippen molar-refractivity contribution in [3.05, 3.63) is 0 Å². The fraction of sp³-hybridized carbons (Fsp3) is 0.571. The van der Waals surface area contributed by atoms with E-state index in [9.17, 15) is 14.4 Å². The maximum Gasteiger partial charge on any atom is 0.330 e. The first-order chi connectivity index (χ1) is 6.11. The smallest absolute Gasteiger partial charge is 0.330 e. The van der Waals surface area contributed by atoms with Crippen LogP contribution < -0.4 is 10.6 Å². The van der Waals surface area contributed by atoms with Crippen molar-refractivity contribution in [2.45, 2.75) is 13.0 Å². The molecular formula is C7H12N2O4. The van der Waals surface area contributed by atoms with Gasteiger partial charge in [-0.2, -0.15) is 0 Å². The van der Waals surface area contributed by atoms with E-state index >= 15 is 0 Å². The monoisotopic (exact) mass is 188 g/mol. The SMILES string of the molecule is COC(=O)[C@H](CNC=O)NC(C)=O. The summed E-state index contributed by atoms with van der Waals surface area (Å²) in [4.78, 5) is 31.5. The quantitative estimate of drug-likeness (QED) is 0.402.